The van der Waals surface area contributed by atoms with Crippen LogP contribution >= 0.6 is 46.7 Å². The van der Waals surface area contributed by atoms with Crippen molar-refractivity contribution in [3.05, 3.63) is 39.9 Å². The van der Waals surface area contributed by atoms with E-state index in [1.165, 1.54) is 9.88 Å². The number of halogens is 1. The van der Waals surface area contributed by atoms with Crippen molar-refractivity contribution in [2.45, 2.75) is 13.3 Å². The molecule has 132 valence electrons. The van der Waals surface area contributed by atoms with Gasteiger partial charge in [-0.2, -0.15) is 0 Å². The number of rotatable bonds is 5. The van der Waals surface area contributed by atoms with Crippen LogP contribution in [0.5, 0.6) is 0 Å². The summed E-state index contributed by atoms with van der Waals surface area (Å²) < 4.78 is 0. The summed E-state index contributed by atoms with van der Waals surface area (Å²) in [6, 6.07) is 8.63. The molecule has 0 spiro atoms. The number of anilines is 1. The van der Waals surface area contributed by atoms with Gasteiger partial charge in [-0.3, -0.25) is 4.99 Å². The van der Waals surface area contributed by atoms with Gasteiger partial charge in [0.15, 0.2) is 5.96 Å². The third-order valence-corrected chi connectivity index (χ3v) is 5.80. The number of nitrogens with zero attached hydrogens (tertiary/aromatic N) is 3. The molecule has 1 N–H and O–H groups in total. The summed E-state index contributed by atoms with van der Waals surface area (Å²) in [5, 5.41) is 9.11. The molecule has 0 aliphatic carbocycles. The maximum Gasteiger partial charge on any atom is 0.194 e. The summed E-state index contributed by atoms with van der Waals surface area (Å²) in [4.78, 5) is 11.1. The minimum Gasteiger partial charge on any atom is -0.360 e. The normalized spacial score (nSPS) is 15.3. The average Bonchev–Trinajstić information content (AvgIpc) is 3.28. The lowest BCUT2D eigenvalue weighted by atomic mass is 10.3. The second-order valence-corrected chi connectivity index (χ2v) is 7.45. The van der Waals surface area contributed by atoms with Crippen LogP contribution in [0.4, 0.5) is 5.00 Å². The highest BCUT2D eigenvalue weighted by Crippen LogP contribution is 2.22. The van der Waals surface area contributed by atoms with Gasteiger partial charge in [0, 0.05) is 50.6 Å². The fraction of sp³-hybridized carbons (Fsp3) is 0.471. The molecule has 0 saturated carbocycles. The van der Waals surface area contributed by atoms with Gasteiger partial charge < -0.3 is 15.1 Å². The molecular weight excluding hydrogens is 451 g/mol. The van der Waals surface area contributed by atoms with Gasteiger partial charge in [0.05, 0.1) is 5.00 Å². The Morgan fingerprint density at radius 1 is 1.12 bits per heavy atom. The van der Waals surface area contributed by atoms with Gasteiger partial charge in [0.25, 0.3) is 0 Å². The highest BCUT2D eigenvalue weighted by Gasteiger charge is 2.20. The summed E-state index contributed by atoms with van der Waals surface area (Å²) >= 11 is 3.64. The predicted octanol–water partition coefficient (Wildman–Crippen LogP) is 3.76. The van der Waals surface area contributed by atoms with Gasteiger partial charge in [-0.15, -0.1) is 46.7 Å². The van der Waals surface area contributed by atoms with Crippen LogP contribution in [-0.2, 0) is 6.42 Å². The van der Waals surface area contributed by atoms with Crippen LogP contribution in [-0.4, -0.2) is 50.1 Å². The Morgan fingerprint density at radius 2 is 1.88 bits per heavy atom. The molecule has 0 aromatic carbocycles. The number of thiophene rings is 2. The molecule has 0 atom stereocenters. The Labute approximate surface area is 169 Å². The van der Waals surface area contributed by atoms with Crippen molar-refractivity contribution in [1.29, 1.82) is 0 Å². The highest BCUT2D eigenvalue weighted by atomic mass is 127. The Bertz CT molecular complexity index is 590. The van der Waals surface area contributed by atoms with Crippen LogP contribution in [0.2, 0.25) is 0 Å². The van der Waals surface area contributed by atoms with Crippen LogP contribution in [0.1, 0.15) is 11.8 Å². The van der Waals surface area contributed by atoms with Crippen LogP contribution in [0.3, 0.4) is 0 Å². The number of hydrogen-bond donors (Lipinski definition) is 1. The van der Waals surface area contributed by atoms with Crippen LogP contribution in [0.25, 0.3) is 0 Å². The van der Waals surface area contributed by atoms with E-state index in [4.69, 9.17) is 4.99 Å². The van der Waals surface area contributed by atoms with E-state index in [1.54, 1.807) is 0 Å². The first-order chi connectivity index (χ1) is 11.4. The van der Waals surface area contributed by atoms with Gasteiger partial charge in [-0.25, -0.2) is 0 Å². The van der Waals surface area contributed by atoms with Crippen molar-refractivity contribution in [2.75, 3.05) is 44.2 Å². The van der Waals surface area contributed by atoms with E-state index in [0.29, 0.717) is 0 Å². The monoisotopic (exact) mass is 476 g/mol. The number of hydrogen-bond acceptors (Lipinski definition) is 4. The van der Waals surface area contributed by atoms with E-state index in [0.717, 1.165) is 51.6 Å². The van der Waals surface area contributed by atoms with Gasteiger partial charge in [0.2, 0.25) is 0 Å². The first kappa shape index (κ1) is 19.5. The molecule has 1 saturated heterocycles. The summed E-state index contributed by atoms with van der Waals surface area (Å²) in [5.74, 6) is 1.06. The standard InChI is InChI=1S/C17H24N4S2.HI/c1-2-18-17(19-8-7-15-5-3-13-22-15)21-11-9-20(10-12-21)16-6-4-14-23-16;/h3-6,13-14H,2,7-12H2,1H3,(H,18,19);1H. The number of piperazine rings is 1. The van der Waals surface area contributed by atoms with Crippen molar-refractivity contribution in [1.82, 2.24) is 10.2 Å². The van der Waals surface area contributed by atoms with Crippen LogP contribution in [0, 0.1) is 0 Å². The molecule has 7 heteroatoms. The van der Waals surface area contributed by atoms with Gasteiger partial charge >= 0.3 is 0 Å². The SMILES string of the molecule is CCNC(=NCCc1cccs1)N1CCN(c2cccs2)CC1.I. The maximum absolute atomic E-state index is 4.82. The molecule has 1 fully saturated rings. The molecule has 0 bridgehead atoms. The second kappa shape index (κ2) is 10.2. The molecule has 1 aliphatic rings. The first-order valence-electron chi connectivity index (χ1n) is 8.21. The zero-order chi connectivity index (χ0) is 15.9. The van der Waals surface area contributed by atoms with Crippen LogP contribution < -0.4 is 10.2 Å². The van der Waals surface area contributed by atoms with Crippen LogP contribution in [0.15, 0.2) is 40.0 Å². The molecule has 3 heterocycles. The maximum atomic E-state index is 4.82. The molecule has 4 nitrogen and oxygen atoms in total. The van der Waals surface area contributed by atoms with Gasteiger partial charge in [-0.1, -0.05) is 6.07 Å². The first-order valence-corrected chi connectivity index (χ1v) is 9.97. The third kappa shape index (κ3) is 5.35. The molecule has 2 aromatic heterocycles. The molecule has 0 radical (unpaired) electrons. The van der Waals surface area contributed by atoms with Crippen molar-refractivity contribution < 1.29 is 0 Å². The molecule has 3 rings (SSSR count). The summed E-state index contributed by atoms with van der Waals surface area (Å²) in [6.45, 7) is 8.10. The third-order valence-electron chi connectivity index (χ3n) is 3.93. The number of aliphatic imine (C=N–C) groups is 1. The van der Waals surface area contributed by atoms with Gasteiger partial charge in [-0.05, 0) is 35.9 Å². The zero-order valence-corrected chi connectivity index (χ0v) is 17.9. The topological polar surface area (TPSA) is 30.9 Å². The van der Waals surface area contributed by atoms with Crippen molar-refractivity contribution >= 4 is 57.6 Å². The van der Waals surface area contributed by atoms with E-state index in [-0.39, 0.29) is 24.0 Å². The number of nitrogens with one attached hydrogen (secondary N) is 1. The van der Waals surface area contributed by atoms with E-state index in [9.17, 15) is 0 Å². The summed E-state index contributed by atoms with van der Waals surface area (Å²) in [7, 11) is 0. The van der Waals surface area contributed by atoms with E-state index in [2.05, 4.69) is 57.1 Å². The lowest BCUT2D eigenvalue weighted by Crippen LogP contribution is -2.52. The van der Waals surface area contributed by atoms with E-state index in [1.807, 2.05) is 22.7 Å². The molecule has 24 heavy (non-hydrogen) atoms. The largest absolute Gasteiger partial charge is 0.360 e. The fourth-order valence-electron chi connectivity index (χ4n) is 2.74. The highest BCUT2D eigenvalue weighted by molar-refractivity contribution is 14.0. The lowest BCUT2D eigenvalue weighted by Gasteiger charge is -2.37. The Hall–Kier alpha value is -0.800. The minimum atomic E-state index is 0. The second-order valence-electron chi connectivity index (χ2n) is 5.49. The fourth-order valence-corrected chi connectivity index (χ4v) is 4.22. The Morgan fingerprint density at radius 3 is 2.50 bits per heavy atom. The average molecular weight is 476 g/mol. The predicted molar refractivity (Wildman–Crippen MR) is 118 cm³/mol. The van der Waals surface area contributed by atoms with Crippen molar-refractivity contribution in [2.24, 2.45) is 4.99 Å². The molecule has 0 amide bonds. The quantitative estimate of drug-likeness (QED) is 0.405. The van der Waals surface area contributed by atoms with E-state index < -0.39 is 0 Å². The summed E-state index contributed by atoms with van der Waals surface area (Å²) in [6.07, 6.45) is 1.03. The van der Waals surface area contributed by atoms with Crippen molar-refractivity contribution in [3.63, 3.8) is 0 Å². The molecular formula is C17H25IN4S2. The minimum absolute atomic E-state index is 0. The Balaban J connectivity index is 0.00000208. The Kier molecular flexibility index (Phi) is 8.34. The smallest absolute Gasteiger partial charge is 0.194 e. The summed E-state index contributed by atoms with van der Waals surface area (Å²) in [5.41, 5.74) is 0. The number of guanidine groups is 1. The molecule has 1 aliphatic heterocycles. The van der Waals surface area contributed by atoms with E-state index >= 15 is 0 Å². The molecule has 0 unspecified atom stereocenters. The van der Waals surface area contributed by atoms with Crippen molar-refractivity contribution in [3.8, 4) is 0 Å². The lowest BCUT2D eigenvalue weighted by molar-refractivity contribution is 0.373. The van der Waals surface area contributed by atoms with Gasteiger partial charge in [0.1, 0.15) is 0 Å². The zero-order valence-electron chi connectivity index (χ0n) is 14.0. The molecule has 2 aromatic rings.